The number of rotatable bonds is 9. The Morgan fingerprint density at radius 2 is 1.91 bits per heavy atom. The molecule has 1 amide bonds. The Morgan fingerprint density at radius 3 is 2.47 bits per heavy atom. The first-order valence-electron chi connectivity index (χ1n) is 11.3. The van der Waals surface area contributed by atoms with E-state index in [1.165, 1.54) is 0 Å². The molecule has 1 unspecified atom stereocenters. The fourth-order valence-corrected chi connectivity index (χ4v) is 2.99. The molecule has 0 aliphatic heterocycles. The maximum atomic E-state index is 13.0. The third kappa shape index (κ3) is 12.4. The zero-order valence-electron chi connectivity index (χ0n) is 21.0. The molecule has 0 saturated heterocycles. The molecule has 1 aromatic rings. The van der Waals surface area contributed by atoms with E-state index in [9.17, 15) is 18.0 Å². The lowest BCUT2D eigenvalue weighted by Gasteiger charge is -2.21. The highest BCUT2D eigenvalue weighted by Crippen LogP contribution is 2.21. The van der Waals surface area contributed by atoms with Gasteiger partial charge < -0.3 is 15.4 Å². The van der Waals surface area contributed by atoms with Gasteiger partial charge in [-0.3, -0.25) is 4.99 Å². The average molecular weight is 483 g/mol. The van der Waals surface area contributed by atoms with Crippen LogP contribution in [0.25, 0.3) is 0 Å². The lowest BCUT2D eigenvalue weighted by atomic mass is 10.0. The molecule has 0 heterocycles. The number of benzene rings is 1. The van der Waals surface area contributed by atoms with Crippen molar-refractivity contribution in [2.24, 2.45) is 15.9 Å². The van der Waals surface area contributed by atoms with Crippen LogP contribution >= 0.6 is 0 Å². The summed E-state index contributed by atoms with van der Waals surface area (Å²) >= 11 is 0. The van der Waals surface area contributed by atoms with E-state index in [0.717, 1.165) is 17.5 Å². The molecule has 0 aliphatic rings. The van der Waals surface area contributed by atoms with Crippen LogP contribution in [0.2, 0.25) is 0 Å². The second kappa shape index (κ2) is 13.2. The number of amides is 1. The van der Waals surface area contributed by atoms with Crippen molar-refractivity contribution in [1.29, 1.82) is 0 Å². The molecule has 6 nitrogen and oxygen atoms in total. The summed E-state index contributed by atoms with van der Waals surface area (Å²) in [6, 6.07) is 7.84. The van der Waals surface area contributed by atoms with Gasteiger partial charge in [0.1, 0.15) is 11.3 Å². The molecule has 0 fully saturated rings. The summed E-state index contributed by atoms with van der Waals surface area (Å²) in [5.74, 6) is -0.0526. The Balaban J connectivity index is 2.85. The van der Waals surface area contributed by atoms with Crippen LogP contribution in [0, 0.1) is 12.8 Å². The normalized spacial score (nSPS) is 13.9. The Hall–Kier alpha value is -2.84. The van der Waals surface area contributed by atoms with Gasteiger partial charge in [0.25, 0.3) is 0 Å². The van der Waals surface area contributed by atoms with Crippen molar-refractivity contribution in [2.75, 3.05) is 13.1 Å². The number of alkyl carbamates (subject to hydrolysis) is 1. The van der Waals surface area contributed by atoms with E-state index in [0.29, 0.717) is 25.1 Å². The van der Waals surface area contributed by atoms with Crippen LogP contribution < -0.4 is 10.6 Å². The topological polar surface area (TPSA) is 75.1 Å². The van der Waals surface area contributed by atoms with Crippen molar-refractivity contribution in [3.63, 3.8) is 0 Å². The largest absolute Gasteiger partial charge is 0.444 e. The van der Waals surface area contributed by atoms with Gasteiger partial charge in [-0.15, -0.1) is 0 Å². The highest BCUT2D eigenvalue weighted by atomic mass is 19.4. The lowest BCUT2D eigenvalue weighted by molar-refractivity contribution is -0.0944. The molecule has 2 N–H and O–H groups in total. The number of allylic oxidation sites excluding steroid dienone is 1. The first kappa shape index (κ1) is 29.2. The molecule has 1 atom stereocenters. The number of aliphatic imine (C=N–C) groups is 2. The Bertz CT molecular complexity index is 887. The van der Waals surface area contributed by atoms with Gasteiger partial charge in [0.15, 0.2) is 0 Å². The molecule has 0 radical (unpaired) electrons. The summed E-state index contributed by atoms with van der Waals surface area (Å²) < 4.78 is 44.3. The molecule has 0 spiro atoms. The second-order valence-electron chi connectivity index (χ2n) is 9.27. The molecule has 190 valence electrons. The monoisotopic (exact) mass is 482 g/mol. The predicted octanol–water partition coefficient (Wildman–Crippen LogP) is 5.96. The van der Waals surface area contributed by atoms with E-state index < -0.39 is 23.6 Å². The number of guanidine groups is 1. The SMILES string of the molecule is C=C(NC(N=C(C)Cc1cccc(C)c1)=NCCC(CC)CNC(=O)OC(C)(C)C)C(F)(F)F. The van der Waals surface area contributed by atoms with Gasteiger partial charge >= 0.3 is 12.3 Å². The molecule has 0 aromatic heterocycles. The molecule has 9 heteroatoms. The molecule has 0 aliphatic carbocycles. The van der Waals surface area contributed by atoms with Gasteiger partial charge in [-0.25, -0.2) is 9.79 Å². The minimum Gasteiger partial charge on any atom is -0.444 e. The van der Waals surface area contributed by atoms with E-state index in [-0.39, 0.29) is 18.4 Å². The van der Waals surface area contributed by atoms with Gasteiger partial charge in [0.2, 0.25) is 5.96 Å². The number of hydrogen-bond donors (Lipinski definition) is 2. The van der Waals surface area contributed by atoms with Crippen LogP contribution in [-0.2, 0) is 11.2 Å². The number of hydrogen-bond acceptors (Lipinski definition) is 3. The maximum Gasteiger partial charge on any atom is 0.430 e. The highest BCUT2D eigenvalue weighted by Gasteiger charge is 2.32. The zero-order valence-corrected chi connectivity index (χ0v) is 21.0. The standard InChI is InChI=1S/C25H37F3N4O2/c1-8-20(16-30-23(33)34-24(5,6)7)12-13-29-22(32-19(4)25(26,27)28)31-18(3)15-21-11-9-10-17(2)14-21/h9-11,14,20H,4,8,12-13,15-16H2,1-3,5-7H3,(H,29,32)(H,30,33). The van der Waals surface area contributed by atoms with Gasteiger partial charge in [0.05, 0.1) is 0 Å². The number of aryl methyl sites for hydroxylation is 1. The summed E-state index contributed by atoms with van der Waals surface area (Å²) in [6.45, 7) is 14.7. The molecular weight excluding hydrogens is 445 g/mol. The van der Waals surface area contributed by atoms with Crippen LogP contribution in [-0.4, -0.2) is 42.6 Å². The van der Waals surface area contributed by atoms with Crippen molar-refractivity contribution in [1.82, 2.24) is 10.6 Å². The Kier molecular flexibility index (Phi) is 11.3. The summed E-state index contributed by atoms with van der Waals surface area (Å²) in [6.07, 6.45) is -3.31. The first-order chi connectivity index (χ1) is 15.7. The van der Waals surface area contributed by atoms with E-state index in [1.807, 2.05) is 38.1 Å². The summed E-state index contributed by atoms with van der Waals surface area (Å²) in [5.41, 5.74) is 0.997. The fraction of sp³-hybridized carbons (Fsp3) is 0.560. The summed E-state index contributed by atoms with van der Waals surface area (Å²) in [4.78, 5) is 20.4. The fourth-order valence-electron chi connectivity index (χ4n) is 2.99. The Labute approximate surface area is 200 Å². The first-order valence-corrected chi connectivity index (χ1v) is 11.3. The zero-order chi connectivity index (χ0) is 25.9. The van der Waals surface area contributed by atoms with Crippen molar-refractivity contribution in [3.8, 4) is 0 Å². The van der Waals surface area contributed by atoms with Gasteiger partial charge in [-0.1, -0.05) is 49.8 Å². The van der Waals surface area contributed by atoms with E-state index in [2.05, 4.69) is 27.2 Å². The van der Waals surface area contributed by atoms with Crippen molar-refractivity contribution >= 4 is 17.8 Å². The predicted molar refractivity (Wildman–Crippen MR) is 131 cm³/mol. The quantitative estimate of drug-likeness (QED) is 0.337. The van der Waals surface area contributed by atoms with Gasteiger partial charge in [0, 0.05) is 25.2 Å². The number of carbonyl (C=O) groups excluding carboxylic acids is 1. The maximum absolute atomic E-state index is 13.0. The number of alkyl halides is 3. The van der Waals surface area contributed by atoms with Crippen LogP contribution in [0.4, 0.5) is 18.0 Å². The number of nitrogens with one attached hydrogen (secondary N) is 2. The minimum atomic E-state index is -4.61. The number of halogens is 3. The van der Waals surface area contributed by atoms with Gasteiger partial charge in [-0.05, 0) is 52.5 Å². The summed E-state index contributed by atoms with van der Waals surface area (Å²) in [7, 11) is 0. The number of nitrogens with zero attached hydrogens (tertiary/aromatic N) is 2. The van der Waals surface area contributed by atoms with E-state index >= 15 is 0 Å². The molecular formula is C25H37F3N4O2. The molecule has 34 heavy (non-hydrogen) atoms. The van der Waals surface area contributed by atoms with E-state index in [4.69, 9.17) is 4.74 Å². The molecule has 1 aromatic carbocycles. The molecule has 1 rings (SSSR count). The number of carbonyl (C=O) groups is 1. The smallest absolute Gasteiger partial charge is 0.430 e. The van der Waals surface area contributed by atoms with Crippen LogP contribution in [0.1, 0.15) is 58.6 Å². The summed E-state index contributed by atoms with van der Waals surface area (Å²) in [5, 5.41) is 4.93. The van der Waals surface area contributed by atoms with E-state index in [1.54, 1.807) is 27.7 Å². The van der Waals surface area contributed by atoms with Gasteiger partial charge in [-0.2, -0.15) is 13.2 Å². The van der Waals surface area contributed by atoms with Crippen molar-refractivity contribution < 1.29 is 22.7 Å². The minimum absolute atomic E-state index is 0.0840. The Morgan fingerprint density at radius 1 is 1.24 bits per heavy atom. The highest BCUT2D eigenvalue weighted by molar-refractivity contribution is 5.97. The second-order valence-corrected chi connectivity index (χ2v) is 9.27. The third-order valence-electron chi connectivity index (χ3n) is 4.75. The van der Waals surface area contributed by atoms with Crippen LogP contribution in [0.3, 0.4) is 0 Å². The van der Waals surface area contributed by atoms with Crippen LogP contribution in [0.5, 0.6) is 0 Å². The number of ether oxygens (including phenoxy) is 1. The van der Waals surface area contributed by atoms with Crippen LogP contribution in [0.15, 0.2) is 46.5 Å². The molecule has 0 saturated carbocycles. The molecule has 0 bridgehead atoms. The van der Waals surface area contributed by atoms with Crippen molar-refractivity contribution in [2.45, 2.75) is 72.6 Å². The lowest BCUT2D eigenvalue weighted by Crippen LogP contribution is -2.35. The van der Waals surface area contributed by atoms with Crippen molar-refractivity contribution in [3.05, 3.63) is 47.7 Å². The average Bonchev–Trinajstić information content (AvgIpc) is 2.68. The third-order valence-corrected chi connectivity index (χ3v) is 4.75.